The molecule has 2 heterocycles. The van der Waals surface area contributed by atoms with Gasteiger partial charge in [-0.2, -0.15) is 0 Å². The van der Waals surface area contributed by atoms with Crippen molar-refractivity contribution < 1.29 is 13.6 Å². The molecule has 7 nitrogen and oxygen atoms in total. The van der Waals surface area contributed by atoms with E-state index in [4.69, 9.17) is 10.3 Å². The van der Waals surface area contributed by atoms with Crippen LogP contribution in [0.4, 0.5) is 10.2 Å². The first-order valence-corrected chi connectivity index (χ1v) is 5.42. The van der Waals surface area contributed by atoms with Gasteiger partial charge in [-0.25, -0.2) is 20.2 Å². The average Bonchev–Trinajstić information content (AvgIpc) is 2.82. The van der Waals surface area contributed by atoms with Gasteiger partial charge >= 0.3 is 0 Å². The topological polar surface area (TPSA) is 106 Å². The van der Waals surface area contributed by atoms with Crippen LogP contribution in [0.25, 0.3) is 0 Å². The summed E-state index contributed by atoms with van der Waals surface area (Å²) in [5, 5.41) is 2.49. The van der Waals surface area contributed by atoms with E-state index in [2.05, 4.69) is 20.7 Å². The number of hydrogen-bond donors (Lipinski definition) is 3. The molecule has 2 aromatic rings. The number of nitrogen functional groups attached to an aromatic ring is 1. The maximum Gasteiger partial charge on any atom is 0.254 e. The lowest BCUT2D eigenvalue weighted by Crippen LogP contribution is -2.25. The Hall–Kier alpha value is -2.48. The van der Waals surface area contributed by atoms with E-state index < -0.39 is 11.7 Å². The predicted octanol–water partition coefficient (Wildman–Crippen LogP) is 0.733. The van der Waals surface area contributed by atoms with Gasteiger partial charge in [0.15, 0.2) is 11.6 Å². The molecule has 100 valence electrons. The van der Waals surface area contributed by atoms with Crippen molar-refractivity contribution in [3.8, 4) is 0 Å². The second kappa shape index (κ2) is 5.44. The number of nitrogens with zero attached hydrogens (tertiary/aromatic N) is 2. The van der Waals surface area contributed by atoms with Gasteiger partial charge in [0.2, 0.25) is 5.89 Å². The molecule has 2 rings (SSSR count). The molecule has 0 aromatic carbocycles. The van der Waals surface area contributed by atoms with E-state index >= 15 is 0 Å². The van der Waals surface area contributed by atoms with Crippen molar-refractivity contribution in [1.82, 2.24) is 15.3 Å². The van der Waals surface area contributed by atoms with E-state index in [0.29, 0.717) is 11.7 Å². The fourth-order valence-corrected chi connectivity index (χ4v) is 1.45. The Bertz CT molecular complexity index is 599. The average molecular weight is 265 g/mol. The minimum Gasteiger partial charge on any atom is -0.444 e. The number of aryl methyl sites for hydroxylation is 1. The third-order valence-electron chi connectivity index (χ3n) is 2.34. The van der Waals surface area contributed by atoms with Gasteiger partial charge in [-0.05, 0) is 13.0 Å². The van der Waals surface area contributed by atoms with Crippen molar-refractivity contribution >= 4 is 11.7 Å². The lowest BCUT2D eigenvalue weighted by molar-refractivity contribution is 0.0943. The van der Waals surface area contributed by atoms with Crippen LogP contribution >= 0.6 is 0 Å². The molecule has 0 radical (unpaired) electrons. The number of nitrogens with one attached hydrogen (secondary N) is 2. The number of halogens is 1. The first-order chi connectivity index (χ1) is 9.11. The van der Waals surface area contributed by atoms with Crippen molar-refractivity contribution in [2.75, 3.05) is 5.43 Å². The molecule has 0 atom stereocenters. The molecule has 0 spiro atoms. The van der Waals surface area contributed by atoms with E-state index in [1.54, 1.807) is 6.92 Å². The van der Waals surface area contributed by atoms with Gasteiger partial charge in [0.05, 0.1) is 18.3 Å². The first kappa shape index (κ1) is 13.0. The number of hydrogen-bond acceptors (Lipinski definition) is 6. The standard InChI is InChI=1S/C11H12FN5O2/c1-6-4-15-8(19-6)5-16-11(18)7-2-3-14-10(17-13)9(7)12/h2-4H,5,13H2,1H3,(H,14,17)(H,16,18). The Balaban J connectivity index is 2.08. The maximum atomic E-state index is 13.7. The summed E-state index contributed by atoms with van der Waals surface area (Å²) in [6, 6.07) is 1.26. The molecular weight excluding hydrogens is 253 g/mol. The summed E-state index contributed by atoms with van der Waals surface area (Å²) in [4.78, 5) is 19.4. The summed E-state index contributed by atoms with van der Waals surface area (Å²) in [6.45, 7) is 1.81. The smallest absolute Gasteiger partial charge is 0.254 e. The molecule has 19 heavy (non-hydrogen) atoms. The highest BCUT2D eigenvalue weighted by atomic mass is 19.1. The number of aromatic nitrogens is 2. The lowest BCUT2D eigenvalue weighted by Gasteiger charge is -2.06. The summed E-state index contributed by atoms with van der Waals surface area (Å²) in [6.07, 6.45) is 2.81. The molecule has 0 aliphatic rings. The number of pyridine rings is 1. The van der Waals surface area contributed by atoms with Crippen LogP contribution in [0.2, 0.25) is 0 Å². The molecule has 0 unspecified atom stereocenters. The van der Waals surface area contributed by atoms with E-state index in [1.807, 2.05) is 0 Å². The Labute approximate surface area is 108 Å². The van der Waals surface area contributed by atoms with Gasteiger partial charge in [-0.15, -0.1) is 0 Å². The highest BCUT2D eigenvalue weighted by Crippen LogP contribution is 2.13. The molecule has 0 fully saturated rings. The van der Waals surface area contributed by atoms with Crippen LogP contribution in [0.15, 0.2) is 22.9 Å². The number of oxazole rings is 1. The number of anilines is 1. The number of hydrazine groups is 1. The monoisotopic (exact) mass is 265 g/mol. The van der Waals surface area contributed by atoms with Crippen LogP contribution in [0, 0.1) is 12.7 Å². The molecule has 4 N–H and O–H groups in total. The number of carbonyl (C=O) groups excluding carboxylic acids is 1. The van der Waals surface area contributed by atoms with Gasteiger partial charge < -0.3 is 15.2 Å². The van der Waals surface area contributed by atoms with Crippen LogP contribution in [0.3, 0.4) is 0 Å². The van der Waals surface area contributed by atoms with Gasteiger partial charge in [0, 0.05) is 6.20 Å². The van der Waals surface area contributed by atoms with Crippen LogP contribution in [-0.2, 0) is 6.54 Å². The van der Waals surface area contributed by atoms with Gasteiger partial charge in [0.1, 0.15) is 5.76 Å². The molecule has 0 saturated carbocycles. The van der Waals surface area contributed by atoms with E-state index in [0.717, 1.165) is 0 Å². The normalized spacial score (nSPS) is 10.3. The second-order valence-corrected chi connectivity index (χ2v) is 3.71. The second-order valence-electron chi connectivity index (χ2n) is 3.71. The SMILES string of the molecule is Cc1cnc(CNC(=O)c2ccnc(NN)c2F)o1. The first-order valence-electron chi connectivity index (χ1n) is 5.42. The largest absolute Gasteiger partial charge is 0.444 e. The number of nitrogens with two attached hydrogens (primary N) is 1. The highest BCUT2D eigenvalue weighted by Gasteiger charge is 2.15. The highest BCUT2D eigenvalue weighted by molar-refractivity contribution is 5.95. The van der Waals surface area contributed by atoms with Crippen molar-refractivity contribution in [3.63, 3.8) is 0 Å². The van der Waals surface area contributed by atoms with Gasteiger partial charge in [-0.1, -0.05) is 0 Å². The molecular formula is C11H12FN5O2. The molecule has 0 aliphatic carbocycles. The fraction of sp³-hybridized carbons (Fsp3) is 0.182. The molecule has 0 saturated heterocycles. The van der Waals surface area contributed by atoms with E-state index in [-0.39, 0.29) is 17.9 Å². The van der Waals surface area contributed by atoms with Crippen LogP contribution < -0.4 is 16.6 Å². The zero-order chi connectivity index (χ0) is 13.8. The minimum absolute atomic E-state index is 0.0693. The number of rotatable bonds is 4. The molecule has 0 bridgehead atoms. The third kappa shape index (κ3) is 2.86. The summed E-state index contributed by atoms with van der Waals surface area (Å²) < 4.78 is 18.9. The molecule has 2 aromatic heterocycles. The summed E-state index contributed by atoms with van der Waals surface area (Å²) >= 11 is 0. The van der Waals surface area contributed by atoms with Crippen LogP contribution in [0.1, 0.15) is 22.0 Å². The quantitative estimate of drug-likeness (QED) is 0.556. The van der Waals surface area contributed by atoms with Crippen LogP contribution in [0.5, 0.6) is 0 Å². The Kier molecular flexibility index (Phi) is 3.71. The number of carbonyl (C=O) groups is 1. The van der Waals surface area contributed by atoms with Crippen LogP contribution in [-0.4, -0.2) is 15.9 Å². The zero-order valence-electron chi connectivity index (χ0n) is 10.1. The molecule has 1 amide bonds. The van der Waals surface area contributed by atoms with E-state index in [1.165, 1.54) is 18.5 Å². The third-order valence-corrected chi connectivity index (χ3v) is 2.34. The van der Waals surface area contributed by atoms with Crippen molar-refractivity contribution in [2.24, 2.45) is 5.84 Å². The fourth-order valence-electron chi connectivity index (χ4n) is 1.45. The van der Waals surface area contributed by atoms with Gasteiger partial charge in [0.25, 0.3) is 5.91 Å². The number of amides is 1. The zero-order valence-corrected chi connectivity index (χ0v) is 10.1. The Morgan fingerprint density at radius 3 is 2.95 bits per heavy atom. The maximum absolute atomic E-state index is 13.7. The Morgan fingerprint density at radius 1 is 1.53 bits per heavy atom. The lowest BCUT2D eigenvalue weighted by atomic mass is 10.2. The van der Waals surface area contributed by atoms with Crippen molar-refractivity contribution in [1.29, 1.82) is 0 Å². The summed E-state index contributed by atoms with van der Waals surface area (Å²) in [5.74, 6) is 4.44. The molecule has 8 heteroatoms. The molecule has 0 aliphatic heterocycles. The predicted molar refractivity (Wildman–Crippen MR) is 64.4 cm³/mol. The Morgan fingerprint density at radius 2 is 2.32 bits per heavy atom. The minimum atomic E-state index is -0.814. The van der Waals surface area contributed by atoms with Crippen molar-refractivity contribution in [2.45, 2.75) is 13.5 Å². The van der Waals surface area contributed by atoms with E-state index in [9.17, 15) is 9.18 Å². The summed E-state index contributed by atoms with van der Waals surface area (Å²) in [7, 11) is 0. The van der Waals surface area contributed by atoms with Gasteiger partial charge in [-0.3, -0.25) is 4.79 Å². The van der Waals surface area contributed by atoms with Crippen molar-refractivity contribution in [3.05, 3.63) is 41.5 Å². The summed E-state index contributed by atoms with van der Waals surface area (Å²) in [5.41, 5.74) is 1.91.